The lowest BCUT2D eigenvalue weighted by Gasteiger charge is -2.21. The molecule has 3 aromatic carbocycles. The van der Waals surface area contributed by atoms with Crippen LogP contribution in [-0.4, -0.2) is 41.1 Å². The summed E-state index contributed by atoms with van der Waals surface area (Å²) >= 11 is 0. The van der Waals surface area contributed by atoms with Crippen LogP contribution in [0.15, 0.2) is 66.7 Å². The van der Waals surface area contributed by atoms with Gasteiger partial charge in [0.1, 0.15) is 6.61 Å². The van der Waals surface area contributed by atoms with Crippen molar-refractivity contribution in [2.75, 3.05) is 13.2 Å². The van der Waals surface area contributed by atoms with Gasteiger partial charge < -0.3 is 20.1 Å². The molecule has 0 saturated carbocycles. The molecule has 5 rings (SSSR count). The molecule has 1 heterocycles. The van der Waals surface area contributed by atoms with Crippen molar-refractivity contribution in [2.45, 2.75) is 25.9 Å². The fraction of sp³-hybridized carbons (Fsp3) is 0.250. The van der Waals surface area contributed by atoms with Gasteiger partial charge in [-0.15, -0.1) is 0 Å². The minimum atomic E-state index is -0.999. The maximum atomic E-state index is 12.9. The molecule has 7 nitrogen and oxygen atoms in total. The molecular formula is C28H26N2O5. The number of carboxylic acid groups (broad SMARTS) is 1. The number of benzene rings is 3. The molecule has 2 N–H and O–H groups in total. The highest BCUT2D eigenvalue weighted by molar-refractivity contribution is 5.90. The van der Waals surface area contributed by atoms with Gasteiger partial charge in [0.05, 0.1) is 11.5 Å². The Labute approximate surface area is 203 Å². The number of nitrogens with zero attached hydrogens (tertiary/aromatic N) is 1. The van der Waals surface area contributed by atoms with Crippen LogP contribution in [0.3, 0.4) is 0 Å². The first kappa shape index (κ1) is 22.7. The Bertz CT molecular complexity index is 1270. The zero-order valence-corrected chi connectivity index (χ0v) is 19.4. The highest BCUT2D eigenvalue weighted by Gasteiger charge is 2.31. The van der Waals surface area contributed by atoms with Crippen LogP contribution in [0.2, 0.25) is 0 Å². The van der Waals surface area contributed by atoms with E-state index in [4.69, 9.17) is 4.74 Å². The van der Waals surface area contributed by atoms with Crippen LogP contribution in [0, 0.1) is 5.92 Å². The Morgan fingerprint density at radius 1 is 0.971 bits per heavy atom. The van der Waals surface area contributed by atoms with Gasteiger partial charge in [0, 0.05) is 25.6 Å². The average Bonchev–Trinajstić information content (AvgIpc) is 3.45. The number of aromatic carboxylic acids is 1. The molecule has 2 amide bonds. The number of carbonyl (C=O) groups excluding carboxylic acids is 2. The molecule has 0 radical (unpaired) electrons. The summed E-state index contributed by atoms with van der Waals surface area (Å²) in [7, 11) is 0. The number of carbonyl (C=O) groups is 3. The second-order valence-corrected chi connectivity index (χ2v) is 9.05. The number of fused-ring (bicyclic) bond motifs is 4. The number of amides is 2. The third-order valence-corrected chi connectivity index (χ3v) is 6.84. The van der Waals surface area contributed by atoms with Crippen LogP contribution in [-0.2, 0) is 22.6 Å². The van der Waals surface area contributed by atoms with E-state index in [2.05, 4.69) is 29.6 Å². The van der Waals surface area contributed by atoms with Crippen LogP contribution in [0.4, 0.5) is 4.79 Å². The summed E-state index contributed by atoms with van der Waals surface area (Å²) in [5.74, 6) is -1.64. The van der Waals surface area contributed by atoms with Crippen LogP contribution in [0.25, 0.3) is 11.1 Å². The monoisotopic (exact) mass is 470 g/mol. The van der Waals surface area contributed by atoms with E-state index in [-0.39, 0.29) is 37.1 Å². The van der Waals surface area contributed by atoms with E-state index in [1.54, 1.807) is 24.0 Å². The molecule has 7 heteroatoms. The maximum absolute atomic E-state index is 12.9. The number of carboxylic acids is 1. The van der Waals surface area contributed by atoms with Gasteiger partial charge in [-0.05, 0) is 39.4 Å². The Hall–Kier alpha value is -4.13. The van der Waals surface area contributed by atoms with E-state index in [9.17, 15) is 19.5 Å². The summed E-state index contributed by atoms with van der Waals surface area (Å²) in [4.78, 5) is 38.5. The predicted octanol–water partition coefficient (Wildman–Crippen LogP) is 4.40. The van der Waals surface area contributed by atoms with Crippen LogP contribution < -0.4 is 5.32 Å². The highest BCUT2D eigenvalue weighted by atomic mass is 16.5. The Morgan fingerprint density at radius 2 is 1.63 bits per heavy atom. The zero-order valence-electron chi connectivity index (χ0n) is 19.4. The quantitative estimate of drug-likeness (QED) is 0.557. The van der Waals surface area contributed by atoms with E-state index in [1.165, 1.54) is 0 Å². The molecule has 3 aromatic rings. The van der Waals surface area contributed by atoms with Gasteiger partial charge >= 0.3 is 12.1 Å². The van der Waals surface area contributed by atoms with Crippen molar-refractivity contribution >= 4 is 18.0 Å². The summed E-state index contributed by atoms with van der Waals surface area (Å²) < 4.78 is 5.55. The average molecular weight is 471 g/mol. The second kappa shape index (κ2) is 9.25. The number of rotatable bonds is 6. The standard InChI is InChI=1S/C28H26N2O5/c1-17(26(31)30-14-18-7-6-12-23(27(32)33)24(18)15-30)13-29-28(34)35-16-25-21-10-4-2-8-19(21)20-9-3-5-11-22(20)25/h2-12,17,25H,13-16H2,1H3,(H,29,34)(H,32,33). The normalized spacial score (nSPS) is 14.6. The van der Waals surface area contributed by atoms with E-state index < -0.39 is 18.0 Å². The molecule has 0 aromatic heterocycles. The topological polar surface area (TPSA) is 95.9 Å². The van der Waals surface area contributed by atoms with E-state index >= 15 is 0 Å². The SMILES string of the molecule is CC(CNC(=O)OCC1c2ccccc2-c2ccccc21)C(=O)N1Cc2cccc(C(=O)O)c2C1. The van der Waals surface area contributed by atoms with Gasteiger partial charge in [-0.2, -0.15) is 0 Å². The van der Waals surface area contributed by atoms with Crippen LogP contribution >= 0.6 is 0 Å². The minimum Gasteiger partial charge on any atom is -0.478 e. The molecular weight excluding hydrogens is 444 g/mol. The Kier molecular flexibility index (Phi) is 5.99. The van der Waals surface area contributed by atoms with Crippen molar-refractivity contribution in [3.8, 4) is 11.1 Å². The summed E-state index contributed by atoms with van der Waals surface area (Å²) in [6.07, 6.45) is -0.565. The van der Waals surface area contributed by atoms with Crippen molar-refractivity contribution in [1.29, 1.82) is 0 Å². The molecule has 0 saturated heterocycles. The van der Waals surface area contributed by atoms with Gasteiger partial charge in [0.15, 0.2) is 0 Å². The van der Waals surface area contributed by atoms with Gasteiger partial charge in [-0.1, -0.05) is 67.6 Å². The number of alkyl carbamates (subject to hydrolysis) is 1. The van der Waals surface area contributed by atoms with Gasteiger partial charge in [0.2, 0.25) is 5.91 Å². The smallest absolute Gasteiger partial charge is 0.407 e. The largest absolute Gasteiger partial charge is 0.478 e. The van der Waals surface area contributed by atoms with Crippen LogP contribution in [0.1, 0.15) is 45.5 Å². The summed E-state index contributed by atoms with van der Waals surface area (Å²) in [6, 6.07) is 21.4. The fourth-order valence-corrected chi connectivity index (χ4v) is 5.06. The predicted molar refractivity (Wildman–Crippen MR) is 130 cm³/mol. The first-order chi connectivity index (χ1) is 16.9. The van der Waals surface area contributed by atoms with Crippen LogP contribution in [0.5, 0.6) is 0 Å². The molecule has 1 aliphatic carbocycles. The fourth-order valence-electron chi connectivity index (χ4n) is 5.06. The third kappa shape index (κ3) is 4.25. The summed E-state index contributed by atoms with van der Waals surface area (Å²) in [5, 5.41) is 12.1. The van der Waals surface area contributed by atoms with Gasteiger partial charge in [-0.3, -0.25) is 4.79 Å². The molecule has 2 aliphatic rings. The Morgan fingerprint density at radius 3 is 2.29 bits per heavy atom. The first-order valence-corrected chi connectivity index (χ1v) is 11.7. The Balaban J connectivity index is 1.15. The van der Waals surface area contributed by atoms with Crippen molar-refractivity contribution in [3.63, 3.8) is 0 Å². The van der Waals surface area contributed by atoms with Crippen molar-refractivity contribution in [1.82, 2.24) is 10.2 Å². The van der Waals surface area contributed by atoms with Crippen molar-refractivity contribution in [2.24, 2.45) is 5.92 Å². The zero-order chi connectivity index (χ0) is 24.5. The molecule has 178 valence electrons. The molecule has 1 atom stereocenters. The summed E-state index contributed by atoms with van der Waals surface area (Å²) in [6.45, 7) is 2.71. The molecule has 1 unspecified atom stereocenters. The van der Waals surface area contributed by atoms with E-state index in [0.717, 1.165) is 27.8 Å². The molecule has 1 aliphatic heterocycles. The molecule has 0 bridgehead atoms. The summed E-state index contributed by atoms with van der Waals surface area (Å²) in [5.41, 5.74) is 6.34. The number of nitrogens with one attached hydrogen (secondary N) is 1. The lowest BCUT2D eigenvalue weighted by Crippen LogP contribution is -2.38. The number of hydrogen-bond acceptors (Lipinski definition) is 4. The lowest BCUT2D eigenvalue weighted by molar-refractivity contribution is -0.135. The molecule has 0 spiro atoms. The third-order valence-electron chi connectivity index (χ3n) is 6.84. The number of hydrogen-bond donors (Lipinski definition) is 2. The van der Waals surface area contributed by atoms with E-state index in [0.29, 0.717) is 12.1 Å². The van der Waals surface area contributed by atoms with Crippen molar-refractivity contribution < 1.29 is 24.2 Å². The minimum absolute atomic E-state index is 0.0289. The second-order valence-electron chi connectivity index (χ2n) is 9.05. The molecule has 0 fully saturated rings. The van der Waals surface area contributed by atoms with Crippen molar-refractivity contribution in [3.05, 3.63) is 94.5 Å². The van der Waals surface area contributed by atoms with E-state index in [1.807, 2.05) is 30.3 Å². The lowest BCUT2D eigenvalue weighted by atomic mass is 9.98. The van der Waals surface area contributed by atoms with Gasteiger partial charge in [0.25, 0.3) is 0 Å². The van der Waals surface area contributed by atoms with Gasteiger partial charge in [-0.25, -0.2) is 9.59 Å². The first-order valence-electron chi connectivity index (χ1n) is 11.7. The number of ether oxygens (including phenoxy) is 1. The highest BCUT2D eigenvalue weighted by Crippen LogP contribution is 2.44. The molecule has 35 heavy (non-hydrogen) atoms. The maximum Gasteiger partial charge on any atom is 0.407 e.